The molecule has 7 heteroatoms. The molecule has 9 rings (SSSR count). The standard InChI is InChI=1S/C36H23N7/c1-4-14-24(15-5-1)32-38-33(25-16-6-2-7-17-25)40-35(39-32)43-29-22-12-10-20-27(29)31-34(43)41(26-18-8-3-9-19-26)36-37-28-21-11-13-23-30(28)42(31)36/h1-23H. The van der Waals surface area contributed by atoms with Crippen molar-refractivity contribution in [2.45, 2.75) is 0 Å². The molecule has 4 aromatic heterocycles. The molecule has 0 aliphatic heterocycles. The highest BCUT2D eigenvalue weighted by Crippen LogP contribution is 2.38. The lowest BCUT2D eigenvalue weighted by molar-refractivity contribution is 0.930. The van der Waals surface area contributed by atoms with E-state index < -0.39 is 0 Å². The molecule has 0 atom stereocenters. The van der Waals surface area contributed by atoms with Crippen molar-refractivity contribution in [1.29, 1.82) is 0 Å². The summed E-state index contributed by atoms with van der Waals surface area (Å²) in [6.07, 6.45) is 0. The summed E-state index contributed by atoms with van der Waals surface area (Å²) in [5.74, 6) is 2.60. The monoisotopic (exact) mass is 553 g/mol. The first-order valence-electron chi connectivity index (χ1n) is 14.2. The summed E-state index contributed by atoms with van der Waals surface area (Å²) in [6, 6.07) is 47.2. The molecule has 0 bridgehead atoms. The molecule has 0 saturated heterocycles. The Kier molecular flexibility index (Phi) is 5.06. The Balaban J connectivity index is 1.47. The van der Waals surface area contributed by atoms with E-state index in [-0.39, 0.29) is 0 Å². The lowest BCUT2D eigenvalue weighted by Crippen LogP contribution is -2.08. The summed E-state index contributed by atoms with van der Waals surface area (Å²) < 4.78 is 6.62. The summed E-state index contributed by atoms with van der Waals surface area (Å²) in [4.78, 5) is 20.3. The van der Waals surface area contributed by atoms with E-state index in [1.54, 1.807) is 0 Å². The number of imidazole rings is 2. The predicted molar refractivity (Wildman–Crippen MR) is 171 cm³/mol. The molecular weight excluding hydrogens is 530 g/mol. The quantitative estimate of drug-likeness (QED) is 0.222. The van der Waals surface area contributed by atoms with Crippen LogP contribution < -0.4 is 0 Å². The normalized spacial score (nSPS) is 11.7. The van der Waals surface area contributed by atoms with Gasteiger partial charge in [0.2, 0.25) is 11.7 Å². The average Bonchev–Trinajstić information content (AvgIpc) is 3.72. The summed E-state index contributed by atoms with van der Waals surface area (Å²) in [7, 11) is 0. The van der Waals surface area contributed by atoms with Crippen molar-refractivity contribution in [2.24, 2.45) is 0 Å². The number of aromatic nitrogens is 7. The number of hydrogen-bond acceptors (Lipinski definition) is 4. The van der Waals surface area contributed by atoms with Crippen molar-refractivity contribution < 1.29 is 0 Å². The van der Waals surface area contributed by atoms with Crippen LogP contribution in [-0.2, 0) is 0 Å². The molecule has 0 spiro atoms. The molecule has 7 nitrogen and oxygen atoms in total. The smallest absolute Gasteiger partial charge is 0.240 e. The van der Waals surface area contributed by atoms with Gasteiger partial charge in [-0.1, -0.05) is 109 Å². The van der Waals surface area contributed by atoms with E-state index in [4.69, 9.17) is 19.9 Å². The van der Waals surface area contributed by atoms with E-state index in [0.717, 1.165) is 55.7 Å². The van der Waals surface area contributed by atoms with Crippen LogP contribution in [0.15, 0.2) is 140 Å². The van der Waals surface area contributed by atoms with E-state index in [0.29, 0.717) is 17.6 Å². The van der Waals surface area contributed by atoms with Gasteiger partial charge in [0.15, 0.2) is 17.3 Å². The molecule has 43 heavy (non-hydrogen) atoms. The lowest BCUT2D eigenvalue weighted by atomic mass is 10.2. The number of nitrogens with zero attached hydrogens (tertiary/aromatic N) is 7. The fourth-order valence-electron chi connectivity index (χ4n) is 6.03. The number of fused-ring (bicyclic) bond motifs is 7. The van der Waals surface area contributed by atoms with Gasteiger partial charge in [-0.3, -0.25) is 13.5 Å². The van der Waals surface area contributed by atoms with E-state index in [1.807, 2.05) is 72.8 Å². The zero-order valence-electron chi connectivity index (χ0n) is 22.9. The molecule has 0 radical (unpaired) electrons. The van der Waals surface area contributed by atoms with E-state index in [9.17, 15) is 0 Å². The van der Waals surface area contributed by atoms with Crippen LogP contribution >= 0.6 is 0 Å². The number of hydrogen-bond donors (Lipinski definition) is 0. The molecule has 0 N–H and O–H groups in total. The van der Waals surface area contributed by atoms with Crippen molar-refractivity contribution in [1.82, 2.24) is 33.5 Å². The van der Waals surface area contributed by atoms with Crippen LogP contribution in [-0.4, -0.2) is 33.5 Å². The molecule has 0 aliphatic rings. The first-order valence-corrected chi connectivity index (χ1v) is 14.2. The van der Waals surface area contributed by atoms with Crippen LogP contribution in [0.1, 0.15) is 0 Å². The molecule has 0 aliphatic carbocycles. The second-order valence-corrected chi connectivity index (χ2v) is 10.4. The Labute approximate surface area is 246 Å². The van der Waals surface area contributed by atoms with Crippen LogP contribution in [0.5, 0.6) is 0 Å². The van der Waals surface area contributed by atoms with Gasteiger partial charge in [0.05, 0.1) is 22.2 Å². The summed E-state index contributed by atoms with van der Waals surface area (Å²) in [5.41, 5.74) is 7.83. The van der Waals surface area contributed by atoms with Crippen molar-refractivity contribution >= 4 is 38.9 Å². The van der Waals surface area contributed by atoms with Gasteiger partial charge in [-0.2, -0.15) is 9.97 Å². The maximum atomic E-state index is 5.13. The molecule has 0 amide bonds. The zero-order chi connectivity index (χ0) is 28.3. The highest BCUT2D eigenvalue weighted by molar-refractivity contribution is 6.10. The fraction of sp³-hybridized carbons (Fsp3) is 0. The van der Waals surface area contributed by atoms with E-state index in [2.05, 4.69) is 80.3 Å². The predicted octanol–water partition coefficient (Wildman–Crippen LogP) is 7.89. The SMILES string of the molecule is c1ccc(-c2nc(-c3ccccc3)nc(-n3c4ccccc4c4c3n(-c3ccccc3)c3nc5ccccc5n43)n2)cc1. The van der Waals surface area contributed by atoms with Gasteiger partial charge in [0.1, 0.15) is 5.52 Å². The minimum atomic E-state index is 0.543. The topological polar surface area (TPSA) is 65.8 Å². The van der Waals surface area contributed by atoms with Crippen LogP contribution in [0.25, 0.3) is 73.3 Å². The van der Waals surface area contributed by atoms with E-state index in [1.165, 1.54) is 0 Å². The maximum Gasteiger partial charge on any atom is 0.240 e. The summed E-state index contributed by atoms with van der Waals surface area (Å²) >= 11 is 0. The van der Waals surface area contributed by atoms with Crippen LogP contribution in [0, 0.1) is 0 Å². The van der Waals surface area contributed by atoms with E-state index >= 15 is 0 Å². The third-order valence-corrected chi connectivity index (χ3v) is 7.90. The Hall–Kier alpha value is -6.08. The van der Waals surface area contributed by atoms with Crippen molar-refractivity contribution in [3.05, 3.63) is 140 Å². The highest BCUT2D eigenvalue weighted by Gasteiger charge is 2.26. The Morgan fingerprint density at radius 1 is 0.442 bits per heavy atom. The van der Waals surface area contributed by atoms with Gasteiger partial charge in [0, 0.05) is 16.5 Å². The molecule has 202 valence electrons. The van der Waals surface area contributed by atoms with Crippen LogP contribution in [0.2, 0.25) is 0 Å². The van der Waals surface area contributed by atoms with Crippen molar-refractivity contribution in [3.63, 3.8) is 0 Å². The zero-order valence-corrected chi connectivity index (χ0v) is 22.9. The third kappa shape index (κ3) is 3.55. The fourth-order valence-corrected chi connectivity index (χ4v) is 6.03. The van der Waals surface area contributed by atoms with Gasteiger partial charge in [-0.15, -0.1) is 0 Å². The Bertz CT molecular complexity index is 2380. The second-order valence-electron chi connectivity index (χ2n) is 10.4. The van der Waals surface area contributed by atoms with Gasteiger partial charge < -0.3 is 0 Å². The minimum Gasteiger partial charge on any atom is -0.274 e. The average molecular weight is 554 g/mol. The van der Waals surface area contributed by atoms with Gasteiger partial charge in [-0.25, -0.2) is 9.97 Å². The molecule has 0 unspecified atom stereocenters. The van der Waals surface area contributed by atoms with Crippen molar-refractivity contribution in [3.8, 4) is 34.4 Å². The molecule has 0 saturated carbocycles. The summed E-state index contributed by atoms with van der Waals surface area (Å²) in [5, 5.41) is 1.09. The molecule has 9 aromatic rings. The second kappa shape index (κ2) is 9.22. The minimum absolute atomic E-state index is 0.543. The van der Waals surface area contributed by atoms with Gasteiger partial charge >= 0.3 is 0 Å². The maximum absolute atomic E-state index is 5.13. The van der Waals surface area contributed by atoms with Gasteiger partial charge in [0.25, 0.3) is 0 Å². The lowest BCUT2D eigenvalue weighted by Gasteiger charge is -2.12. The first-order chi connectivity index (χ1) is 21.3. The number of rotatable bonds is 4. The Morgan fingerprint density at radius 3 is 1.67 bits per heavy atom. The molecule has 0 fully saturated rings. The van der Waals surface area contributed by atoms with Gasteiger partial charge in [-0.05, 0) is 30.3 Å². The highest BCUT2D eigenvalue weighted by atomic mass is 15.3. The molecular formula is C36H23N7. The molecule has 5 aromatic carbocycles. The number of para-hydroxylation sites is 4. The summed E-state index contributed by atoms with van der Waals surface area (Å²) in [6.45, 7) is 0. The molecule has 4 heterocycles. The van der Waals surface area contributed by atoms with Crippen molar-refractivity contribution in [2.75, 3.05) is 0 Å². The third-order valence-electron chi connectivity index (χ3n) is 7.90. The number of benzene rings is 5. The first kappa shape index (κ1) is 23.6. The Morgan fingerprint density at radius 2 is 1.00 bits per heavy atom. The largest absolute Gasteiger partial charge is 0.274 e. The van der Waals surface area contributed by atoms with Crippen LogP contribution in [0.3, 0.4) is 0 Å². The van der Waals surface area contributed by atoms with Crippen LogP contribution in [0.4, 0.5) is 0 Å².